The average Bonchev–Trinajstić information content (AvgIpc) is 3.48. The number of rotatable bonds is 3. The third kappa shape index (κ3) is 2.78. The van der Waals surface area contributed by atoms with Crippen molar-refractivity contribution in [2.24, 2.45) is 0 Å². The number of aromatic nitrogens is 3. The van der Waals surface area contributed by atoms with Gasteiger partial charge < -0.3 is 9.84 Å². The number of hydrogen-bond donors (Lipinski definition) is 1. The Morgan fingerprint density at radius 2 is 2.11 bits per heavy atom. The van der Waals surface area contributed by atoms with Gasteiger partial charge in [-0.05, 0) is 56.4 Å². The molecule has 7 nitrogen and oxygen atoms in total. The minimum Gasteiger partial charge on any atom is -0.486 e. The quantitative estimate of drug-likeness (QED) is 0.738. The monoisotopic (exact) mass is 374 g/mol. The van der Waals surface area contributed by atoms with Gasteiger partial charge in [0.05, 0.1) is 11.2 Å². The highest BCUT2D eigenvalue weighted by molar-refractivity contribution is 5.90. The fourth-order valence-corrected chi connectivity index (χ4v) is 3.96. The third-order valence-corrected chi connectivity index (χ3v) is 5.45. The summed E-state index contributed by atoms with van der Waals surface area (Å²) in [5.41, 5.74) is 3.80. The third-order valence-electron chi connectivity index (χ3n) is 5.45. The molecule has 7 heteroatoms. The van der Waals surface area contributed by atoms with Gasteiger partial charge in [-0.25, -0.2) is 9.78 Å². The van der Waals surface area contributed by atoms with E-state index in [-0.39, 0.29) is 6.10 Å². The molecule has 2 aliphatic rings. The molecule has 0 saturated heterocycles. The second-order valence-corrected chi connectivity index (χ2v) is 7.38. The molecule has 1 aromatic carbocycles. The lowest BCUT2D eigenvalue weighted by Crippen LogP contribution is -2.17. The second kappa shape index (κ2) is 6.34. The number of nitrogens with zero attached hydrogens (tertiary/aromatic N) is 4. The number of carboxylic acid groups (broad SMARTS) is 1. The lowest BCUT2D eigenvalue weighted by molar-refractivity contribution is 0.182. The zero-order valence-electron chi connectivity index (χ0n) is 15.1. The van der Waals surface area contributed by atoms with Gasteiger partial charge in [0.25, 0.3) is 0 Å². The standard InChI is InChI=1S/C21H18N4O3/c22-11-13-6-8-15-17(23-13)2-1-3-19(15)28-14-7-9-18-16(10-14)20(12-4-5-12)24-25(18)21(26)27/h6-10,12,19H,1-5H2,(H,26,27). The van der Waals surface area contributed by atoms with Crippen molar-refractivity contribution >= 4 is 17.0 Å². The van der Waals surface area contributed by atoms with Crippen molar-refractivity contribution in [3.63, 3.8) is 0 Å². The number of aryl methyl sites for hydroxylation is 1. The molecule has 2 aliphatic carbocycles. The van der Waals surface area contributed by atoms with E-state index in [1.54, 1.807) is 18.2 Å². The molecule has 0 aliphatic heterocycles. The molecule has 0 radical (unpaired) electrons. The number of hydrogen-bond acceptors (Lipinski definition) is 5. The molecule has 0 spiro atoms. The molecule has 5 rings (SSSR count). The molecule has 1 saturated carbocycles. The second-order valence-electron chi connectivity index (χ2n) is 7.38. The summed E-state index contributed by atoms with van der Waals surface area (Å²) >= 11 is 0. The number of pyridine rings is 1. The number of ether oxygens (including phenoxy) is 1. The van der Waals surface area contributed by atoms with Gasteiger partial charge in [-0.1, -0.05) is 6.07 Å². The summed E-state index contributed by atoms with van der Waals surface area (Å²) in [7, 11) is 0. The fourth-order valence-electron chi connectivity index (χ4n) is 3.96. The molecule has 1 fully saturated rings. The number of nitriles is 1. The predicted molar refractivity (Wildman–Crippen MR) is 100 cm³/mol. The van der Waals surface area contributed by atoms with Gasteiger partial charge in [0.15, 0.2) is 0 Å². The molecule has 1 atom stereocenters. The molecular formula is C21H18N4O3. The minimum absolute atomic E-state index is 0.125. The van der Waals surface area contributed by atoms with Crippen LogP contribution >= 0.6 is 0 Å². The Morgan fingerprint density at radius 1 is 1.25 bits per heavy atom. The molecule has 2 aromatic heterocycles. The Kier molecular flexibility index (Phi) is 3.79. The van der Waals surface area contributed by atoms with E-state index in [4.69, 9.17) is 10.00 Å². The maximum atomic E-state index is 11.5. The van der Waals surface area contributed by atoms with Crippen LogP contribution in [0.1, 0.15) is 60.4 Å². The number of benzene rings is 1. The zero-order valence-corrected chi connectivity index (χ0v) is 15.1. The Bertz CT molecular complexity index is 1140. The van der Waals surface area contributed by atoms with Gasteiger partial charge in [-0.2, -0.15) is 15.0 Å². The summed E-state index contributed by atoms with van der Waals surface area (Å²) in [4.78, 5) is 15.9. The van der Waals surface area contributed by atoms with Crippen molar-refractivity contribution in [2.45, 2.75) is 44.1 Å². The summed E-state index contributed by atoms with van der Waals surface area (Å²) in [5.74, 6) is 1.03. The molecule has 0 amide bonds. The first kappa shape index (κ1) is 16.8. The van der Waals surface area contributed by atoms with E-state index in [0.29, 0.717) is 22.9 Å². The first-order valence-corrected chi connectivity index (χ1v) is 9.46. The van der Waals surface area contributed by atoms with E-state index in [0.717, 1.165) is 59.1 Å². The smallest absolute Gasteiger partial charge is 0.432 e. The van der Waals surface area contributed by atoms with Crippen LogP contribution in [0.4, 0.5) is 4.79 Å². The molecule has 3 aromatic rings. The van der Waals surface area contributed by atoms with E-state index >= 15 is 0 Å². The zero-order chi connectivity index (χ0) is 19.3. The lowest BCUT2D eigenvalue weighted by Gasteiger charge is -2.25. The number of fused-ring (bicyclic) bond motifs is 2. The van der Waals surface area contributed by atoms with Crippen LogP contribution in [0.3, 0.4) is 0 Å². The molecule has 0 bridgehead atoms. The van der Waals surface area contributed by atoms with Crippen molar-refractivity contribution in [1.82, 2.24) is 14.8 Å². The van der Waals surface area contributed by atoms with Gasteiger partial charge in [0.2, 0.25) is 0 Å². The van der Waals surface area contributed by atoms with Gasteiger partial charge in [0.1, 0.15) is 23.6 Å². The molecule has 1 N–H and O–H groups in total. The van der Waals surface area contributed by atoms with Crippen molar-refractivity contribution in [2.75, 3.05) is 0 Å². The predicted octanol–water partition coefficient (Wildman–Crippen LogP) is 4.16. The van der Waals surface area contributed by atoms with Crippen molar-refractivity contribution in [3.05, 3.63) is 53.0 Å². The van der Waals surface area contributed by atoms with Gasteiger partial charge in [0, 0.05) is 22.6 Å². The van der Waals surface area contributed by atoms with Crippen LogP contribution in [0, 0.1) is 11.3 Å². The maximum absolute atomic E-state index is 11.5. The SMILES string of the molecule is N#Cc1ccc2c(n1)CCCC2Oc1ccc2c(c1)c(C1CC1)nn2C(=O)O. The Morgan fingerprint density at radius 3 is 2.86 bits per heavy atom. The molecule has 1 unspecified atom stereocenters. The summed E-state index contributed by atoms with van der Waals surface area (Å²) in [5, 5.41) is 23.6. The highest BCUT2D eigenvalue weighted by Gasteiger charge is 2.30. The first-order valence-electron chi connectivity index (χ1n) is 9.46. The normalized spacial score (nSPS) is 18.5. The fraction of sp³-hybridized carbons (Fsp3) is 0.333. The van der Waals surface area contributed by atoms with Crippen molar-refractivity contribution in [1.29, 1.82) is 5.26 Å². The lowest BCUT2D eigenvalue weighted by atomic mass is 9.93. The molecule has 28 heavy (non-hydrogen) atoms. The van der Waals surface area contributed by atoms with Crippen LogP contribution in [0.25, 0.3) is 10.9 Å². The molecule has 2 heterocycles. The summed E-state index contributed by atoms with van der Waals surface area (Å²) < 4.78 is 7.33. The molecule has 140 valence electrons. The first-order chi connectivity index (χ1) is 13.6. The Balaban J connectivity index is 1.51. The topological polar surface area (TPSA) is 101 Å². The highest BCUT2D eigenvalue weighted by atomic mass is 16.5. The van der Waals surface area contributed by atoms with E-state index in [1.807, 2.05) is 12.1 Å². The minimum atomic E-state index is -1.08. The summed E-state index contributed by atoms with van der Waals surface area (Å²) in [6.45, 7) is 0. The highest BCUT2D eigenvalue weighted by Crippen LogP contribution is 2.43. The van der Waals surface area contributed by atoms with Crippen LogP contribution in [0.2, 0.25) is 0 Å². The Labute approximate surface area is 161 Å². The van der Waals surface area contributed by atoms with E-state index in [9.17, 15) is 9.90 Å². The van der Waals surface area contributed by atoms with Gasteiger partial charge in [-0.3, -0.25) is 0 Å². The maximum Gasteiger partial charge on any atom is 0.432 e. The van der Waals surface area contributed by atoms with Crippen LogP contribution in [0.5, 0.6) is 5.75 Å². The largest absolute Gasteiger partial charge is 0.486 e. The number of carbonyl (C=O) groups is 1. The average molecular weight is 374 g/mol. The summed E-state index contributed by atoms with van der Waals surface area (Å²) in [6, 6.07) is 11.2. The van der Waals surface area contributed by atoms with Crippen LogP contribution < -0.4 is 4.74 Å². The van der Waals surface area contributed by atoms with Crippen molar-refractivity contribution < 1.29 is 14.6 Å². The van der Waals surface area contributed by atoms with Crippen LogP contribution in [-0.4, -0.2) is 26.0 Å². The van der Waals surface area contributed by atoms with E-state index < -0.39 is 6.09 Å². The van der Waals surface area contributed by atoms with Crippen LogP contribution in [0.15, 0.2) is 30.3 Å². The van der Waals surface area contributed by atoms with E-state index in [1.165, 1.54) is 0 Å². The molecular weight excluding hydrogens is 356 g/mol. The summed E-state index contributed by atoms with van der Waals surface area (Å²) in [6.07, 6.45) is 3.56. The van der Waals surface area contributed by atoms with Gasteiger partial charge >= 0.3 is 6.09 Å². The van der Waals surface area contributed by atoms with Crippen molar-refractivity contribution in [3.8, 4) is 11.8 Å². The van der Waals surface area contributed by atoms with Crippen LogP contribution in [-0.2, 0) is 6.42 Å². The van der Waals surface area contributed by atoms with Gasteiger partial charge in [-0.15, -0.1) is 0 Å². The van der Waals surface area contributed by atoms with E-state index in [2.05, 4.69) is 16.2 Å². The Hall–Kier alpha value is -3.40.